The van der Waals surface area contributed by atoms with Crippen molar-refractivity contribution in [3.05, 3.63) is 5.82 Å². The average molecular weight is 212 g/mol. The largest absolute Gasteiger partial charge is 0.481 e. The first kappa shape index (κ1) is 11.3. The van der Waals surface area contributed by atoms with Crippen LogP contribution in [-0.4, -0.2) is 37.1 Å². The summed E-state index contributed by atoms with van der Waals surface area (Å²) in [5, 5.41) is 19.3. The molecule has 0 saturated carbocycles. The maximum atomic E-state index is 10.7. The smallest absolute Gasteiger partial charge is 0.303 e. The van der Waals surface area contributed by atoms with Gasteiger partial charge in [0.2, 0.25) is 0 Å². The number of aryl methyl sites for hydroxylation is 2. The number of Topliss-reactive ketones (excluding diaryl/α,β-unsaturated/α-hetero) is 1. The Balaban J connectivity index is 2.53. The van der Waals surface area contributed by atoms with Crippen molar-refractivity contribution in [3.63, 3.8) is 0 Å². The van der Waals surface area contributed by atoms with E-state index in [4.69, 9.17) is 5.11 Å². The maximum Gasteiger partial charge on any atom is 0.303 e. The Morgan fingerprint density at radius 1 is 1.40 bits per heavy atom. The molecule has 1 rings (SSSR count). The molecule has 0 radical (unpaired) electrons. The van der Waals surface area contributed by atoms with Crippen LogP contribution in [0.4, 0.5) is 0 Å². The van der Waals surface area contributed by atoms with Gasteiger partial charge in [-0.2, -0.15) is 0 Å². The minimum atomic E-state index is -0.892. The zero-order chi connectivity index (χ0) is 11.3. The number of aliphatic carboxylic acids is 1. The van der Waals surface area contributed by atoms with Crippen LogP contribution in [0.2, 0.25) is 0 Å². The molecule has 0 aliphatic heterocycles. The molecule has 1 heterocycles. The van der Waals surface area contributed by atoms with E-state index in [9.17, 15) is 9.59 Å². The van der Waals surface area contributed by atoms with Crippen molar-refractivity contribution in [2.75, 3.05) is 0 Å². The van der Waals surface area contributed by atoms with E-state index in [-0.39, 0.29) is 18.6 Å². The van der Waals surface area contributed by atoms with Crippen LogP contribution >= 0.6 is 0 Å². The predicted molar refractivity (Wildman–Crippen MR) is 49.1 cm³/mol. The molecule has 0 unspecified atom stereocenters. The van der Waals surface area contributed by atoms with Crippen molar-refractivity contribution in [2.24, 2.45) is 0 Å². The lowest BCUT2D eigenvalue weighted by Crippen LogP contribution is -2.10. The number of carbonyl (C=O) groups is 2. The monoisotopic (exact) mass is 212 g/mol. The molecule has 15 heavy (non-hydrogen) atoms. The second-order valence-corrected chi connectivity index (χ2v) is 3.16. The first-order chi connectivity index (χ1) is 7.09. The highest BCUT2D eigenvalue weighted by Gasteiger charge is 2.08. The van der Waals surface area contributed by atoms with Gasteiger partial charge in [-0.15, -0.1) is 5.10 Å². The number of ketones is 1. The minimum Gasteiger partial charge on any atom is -0.481 e. The van der Waals surface area contributed by atoms with Crippen LogP contribution in [0.15, 0.2) is 0 Å². The molecule has 0 fully saturated rings. The summed E-state index contributed by atoms with van der Waals surface area (Å²) in [7, 11) is 0. The van der Waals surface area contributed by atoms with E-state index in [0.717, 1.165) is 0 Å². The number of rotatable bonds is 6. The van der Waals surface area contributed by atoms with Gasteiger partial charge in [-0.3, -0.25) is 9.59 Å². The van der Waals surface area contributed by atoms with E-state index in [0.29, 0.717) is 18.8 Å². The molecule has 0 saturated heterocycles. The Kier molecular flexibility index (Phi) is 3.90. The molecule has 1 aromatic rings. The number of hydrogen-bond acceptors (Lipinski definition) is 5. The molecule has 0 atom stereocenters. The van der Waals surface area contributed by atoms with Crippen LogP contribution in [0, 0.1) is 0 Å². The lowest BCUT2D eigenvalue weighted by molar-refractivity contribution is -0.137. The van der Waals surface area contributed by atoms with Gasteiger partial charge in [0.25, 0.3) is 0 Å². The maximum absolute atomic E-state index is 10.7. The first-order valence-electron chi connectivity index (χ1n) is 4.56. The van der Waals surface area contributed by atoms with Gasteiger partial charge in [-0.25, -0.2) is 4.68 Å². The van der Waals surface area contributed by atoms with E-state index < -0.39 is 5.97 Å². The van der Waals surface area contributed by atoms with Crippen molar-refractivity contribution in [1.82, 2.24) is 20.2 Å². The van der Waals surface area contributed by atoms with Gasteiger partial charge < -0.3 is 5.11 Å². The number of carbonyl (C=O) groups excluding carboxylic acids is 1. The lowest BCUT2D eigenvalue weighted by atomic mass is 10.3. The molecule has 0 aliphatic carbocycles. The first-order valence-corrected chi connectivity index (χ1v) is 4.56. The van der Waals surface area contributed by atoms with Gasteiger partial charge in [0.05, 0.1) is 13.0 Å². The SMILES string of the molecule is CC(=O)CCn1nnnc1CCC(=O)O. The molecule has 0 aliphatic rings. The zero-order valence-electron chi connectivity index (χ0n) is 8.38. The molecule has 1 aromatic heterocycles. The molecule has 0 bridgehead atoms. The summed E-state index contributed by atoms with van der Waals surface area (Å²) in [5.41, 5.74) is 0. The summed E-state index contributed by atoms with van der Waals surface area (Å²) in [6, 6.07) is 0. The summed E-state index contributed by atoms with van der Waals surface area (Å²) in [4.78, 5) is 21.1. The highest BCUT2D eigenvalue weighted by Crippen LogP contribution is 1.99. The van der Waals surface area contributed by atoms with Gasteiger partial charge in [0.15, 0.2) is 5.82 Å². The third-order valence-corrected chi connectivity index (χ3v) is 1.84. The van der Waals surface area contributed by atoms with Crippen molar-refractivity contribution in [2.45, 2.75) is 32.7 Å². The number of tetrazole rings is 1. The van der Waals surface area contributed by atoms with Crippen LogP contribution in [0.5, 0.6) is 0 Å². The van der Waals surface area contributed by atoms with Crippen LogP contribution in [0.3, 0.4) is 0 Å². The Labute approximate surface area is 86.1 Å². The third kappa shape index (κ3) is 3.84. The van der Waals surface area contributed by atoms with E-state index in [1.165, 1.54) is 11.6 Å². The van der Waals surface area contributed by atoms with Gasteiger partial charge >= 0.3 is 5.97 Å². The highest BCUT2D eigenvalue weighted by molar-refractivity contribution is 5.75. The van der Waals surface area contributed by atoms with Crippen molar-refractivity contribution in [1.29, 1.82) is 0 Å². The quantitative estimate of drug-likeness (QED) is 0.693. The number of carboxylic acid groups (broad SMARTS) is 1. The summed E-state index contributed by atoms with van der Waals surface area (Å²) in [6.07, 6.45) is 0.617. The molecule has 0 amide bonds. The van der Waals surface area contributed by atoms with Gasteiger partial charge in [0.1, 0.15) is 5.78 Å². The Morgan fingerprint density at radius 3 is 2.73 bits per heavy atom. The van der Waals surface area contributed by atoms with Gasteiger partial charge in [-0.1, -0.05) is 0 Å². The Bertz CT molecular complexity index is 328. The molecule has 7 nitrogen and oxygen atoms in total. The van der Waals surface area contributed by atoms with Crippen molar-refractivity contribution in [3.8, 4) is 0 Å². The molecule has 0 aromatic carbocycles. The number of carboxylic acids is 1. The molecule has 0 spiro atoms. The minimum absolute atomic E-state index is 0.0134. The van der Waals surface area contributed by atoms with Crippen molar-refractivity contribution >= 4 is 11.8 Å². The topological polar surface area (TPSA) is 98.0 Å². The summed E-state index contributed by atoms with van der Waals surface area (Å²) < 4.78 is 1.46. The zero-order valence-corrected chi connectivity index (χ0v) is 8.38. The van der Waals surface area contributed by atoms with Gasteiger partial charge in [-0.05, 0) is 17.4 Å². The fraction of sp³-hybridized carbons (Fsp3) is 0.625. The van der Waals surface area contributed by atoms with E-state index in [2.05, 4.69) is 15.5 Å². The normalized spacial score (nSPS) is 10.2. The second-order valence-electron chi connectivity index (χ2n) is 3.16. The fourth-order valence-electron chi connectivity index (χ4n) is 1.06. The van der Waals surface area contributed by atoms with E-state index >= 15 is 0 Å². The second kappa shape index (κ2) is 5.18. The van der Waals surface area contributed by atoms with Crippen LogP contribution in [0.25, 0.3) is 0 Å². The number of aromatic nitrogens is 4. The number of nitrogens with zero attached hydrogens (tertiary/aromatic N) is 4. The fourth-order valence-corrected chi connectivity index (χ4v) is 1.06. The van der Waals surface area contributed by atoms with Crippen molar-refractivity contribution < 1.29 is 14.7 Å². The van der Waals surface area contributed by atoms with Crippen LogP contribution < -0.4 is 0 Å². The Hall–Kier alpha value is -1.79. The molecule has 1 N–H and O–H groups in total. The molecule has 7 heteroatoms. The van der Waals surface area contributed by atoms with Gasteiger partial charge in [0, 0.05) is 12.8 Å². The van der Waals surface area contributed by atoms with E-state index in [1.807, 2.05) is 0 Å². The third-order valence-electron chi connectivity index (χ3n) is 1.84. The summed E-state index contributed by atoms with van der Waals surface area (Å²) in [5.74, 6) is -0.343. The van der Waals surface area contributed by atoms with Crippen LogP contribution in [0.1, 0.15) is 25.6 Å². The summed E-state index contributed by atoms with van der Waals surface area (Å²) in [6.45, 7) is 1.89. The molecule has 82 valence electrons. The predicted octanol–water partition coefficient (Wildman–Crippen LogP) is -0.331. The molecular formula is C8H12N4O3. The Morgan fingerprint density at radius 2 is 2.13 bits per heavy atom. The molecular weight excluding hydrogens is 200 g/mol. The summed E-state index contributed by atoms with van der Waals surface area (Å²) >= 11 is 0. The van der Waals surface area contributed by atoms with E-state index in [1.54, 1.807) is 0 Å². The number of hydrogen-bond donors (Lipinski definition) is 1. The highest BCUT2D eigenvalue weighted by atomic mass is 16.4. The average Bonchev–Trinajstić information content (AvgIpc) is 2.58. The van der Waals surface area contributed by atoms with Crippen LogP contribution in [-0.2, 0) is 22.6 Å². The lowest BCUT2D eigenvalue weighted by Gasteiger charge is -2.01. The standard InChI is InChI=1S/C8H12N4O3/c1-6(13)4-5-12-7(9-10-11-12)2-3-8(14)15/h2-5H2,1H3,(H,14,15).